The Labute approximate surface area is 145 Å². The smallest absolute Gasteiger partial charge is 0.202 e. The average Bonchev–Trinajstić information content (AvgIpc) is 2.64. The monoisotopic (exact) mass is 341 g/mol. The Bertz CT molecular complexity index is 856. The molecule has 3 rings (SSSR count). The van der Waals surface area contributed by atoms with Crippen LogP contribution in [0.5, 0.6) is 0 Å². The minimum absolute atomic E-state index is 0.0816. The Morgan fingerprint density at radius 3 is 1.84 bits per heavy atom. The molecule has 0 saturated heterocycles. The summed E-state index contributed by atoms with van der Waals surface area (Å²) >= 11 is 0. The van der Waals surface area contributed by atoms with E-state index in [1.807, 2.05) is 24.3 Å². The highest BCUT2D eigenvalue weighted by Gasteiger charge is 2.11. The third kappa shape index (κ3) is 4.08. The van der Waals surface area contributed by atoms with Gasteiger partial charge in [-0.15, -0.1) is 0 Å². The van der Waals surface area contributed by atoms with E-state index >= 15 is 0 Å². The molecule has 2 aromatic carbocycles. The molecule has 3 aromatic rings. The number of aryl methyl sites for hydroxylation is 3. The molecular weight excluding hydrogens is 323 g/mol. The van der Waals surface area contributed by atoms with Crippen LogP contribution in [0.3, 0.4) is 0 Å². The van der Waals surface area contributed by atoms with Gasteiger partial charge in [0.25, 0.3) is 5.95 Å². The highest BCUT2D eigenvalue weighted by Crippen LogP contribution is 2.21. The van der Waals surface area contributed by atoms with Crippen molar-refractivity contribution >= 4 is 0 Å². The Hall–Kier alpha value is -2.62. The number of hydrogen-bond acceptors (Lipinski definition) is 1. The van der Waals surface area contributed by atoms with E-state index in [0.29, 0.717) is 6.42 Å². The quantitative estimate of drug-likeness (QED) is 0.557. The first-order chi connectivity index (χ1) is 12.1. The lowest BCUT2D eigenvalue weighted by Crippen LogP contribution is -2.02. The van der Waals surface area contributed by atoms with Gasteiger partial charge in [0.15, 0.2) is 5.82 Å². The summed E-state index contributed by atoms with van der Waals surface area (Å²) in [6.45, 7) is 2.12. The molecule has 0 spiro atoms. The summed E-state index contributed by atoms with van der Waals surface area (Å²) in [5.41, 5.74) is 4.62. The largest absolute Gasteiger partial charge is 0.251 e. The van der Waals surface area contributed by atoms with E-state index in [-0.39, 0.29) is 12.0 Å². The van der Waals surface area contributed by atoms with Gasteiger partial charge in [-0.05, 0) is 47.6 Å². The molecule has 0 fully saturated rings. The first-order valence-electron chi connectivity index (χ1n) is 8.25. The summed E-state index contributed by atoms with van der Waals surface area (Å²) in [6.07, 6.45) is 1.80. The minimum Gasteiger partial charge on any atom is -0.202 e. The van der Waals surface area contributed by atoms with E-state index in [0.717, 1.165) is 29.2 Å². The van der Waals surface area contributed by atoms with Crippen LogP contribution in [0.2, 0.25) is 0 Å². The van der Waals surface area contributed by atoms with E-state index in [4.69, 9.17) is 0 Å². The van der Waals surface area contributed by atoms with Crippen molar-refractivity contribution in [1.29, 1.82) is 0 Å². The number of pyridine rings is 1. The zero-order valence-corrected chi connectivity index (χ0v) is 13.9. The maximum Gasteiger partial charge on any atom is 0.251 e. The van der Waals surface area contributed by atoms with E-state index in [2.05, 4.69) is 36.2 Å². The third-order valence-corrected chi connectivity index (χ3v) is 4.29. The summed E-state index contributed by atoms with van der Waals surface area (Å²) in [7, 11) is 0. The zero-order chi connectivity index (χ0) is 17.8. The lowest BCUT2D eigenvalue weighted by molar-refractivity contribution is 0.441. The van der Waals surface area contributed by atoms with Crippen LogP contribution in [0.1, 0.15) is 23.6 Å². The van der Waals surface area contributed by atoms with E-state index in [1.165, 1.54) is 5.56 Å². The van der Waals surface area contributed by atoms with Crippen LogP contribution in [0, 0.1) is 17.7 Å². The third-order valence-electron chi connectivity index (χ3n) is 4.29. The SMILES string of the molecule is CCc1ccc(-c2ccc(CCc3cc(F)c(F)nc3F)cc2)cc1. The van der Waals surface area contributed by atoms with E-state index in [9.17, 15) is 13.2 Å². The van der Waals surface area contributed by atoms with Gasteiger partial charge in [0.05, 0.1) is 0 Å². The van der Waals surface area contributed by atoms with Crippen LogP contribution in [-0.2, 0) is 19.3 Å². The molecule has 0 N–H and O–H groups in total. The van der Waals surface area contributed by atoms with E-state index < -0.39 is 17.7 Å². The fourth-order valence-electron chi connectivity index (χ4n) is 2.73. The summed E-state index contributed by atoms with van der Waals surface area (Å²) in [5.74, 6) is -3.48. The number of aromatic nitrogens is 1. The van der Waals surface area contributed by atoms with Gasteiger partial charge in [0.2, 0.25) is 5.95 Å². The van der Waals surface area contributed by atoms with Gasteiger partial charge in [-0.25, -0.2) is 4.39 Å². The van der Waals surface area contributed by atoms with Gasteiger partial charge >= 0.3 is 0 Å². The second kappa shape index (κ2) is 7.51. The predicted molar refractivity (Wildman–Crippen MR) is 92.8 cm³/mol. The van der Waals surface area contributed by atoms with Gasteiger partial charge in [0, 0.05) is 5.56 Å². The van der Waals surface area contributed by atoms with Crippen molar-refractivity contribution in [3.63, 3.8) is 0 Å². The van der Waals surface area contributed by atoms with Crippen molar-refractivity contribution in [2.24, 2.45) is 0 Å². The number of benzene rings is 2. The molecule has 4 heteroatoms. The molecule has 1 nitrogen and oxygen atoms in total. The molecule has 1 aromatic heterocycles. The van der Waals surface area contributed by atoms with Gasteiger partial charge in [-0.2, -0.15) is 13.8 Å². The fraction of sp³-hybridized carbons (Fsp3) is 0.190. The summed E-state index contributed by atoms with van der Waals surface area (Å²) in [4.78, 5) is 2.94. The maximum atomic E-state index is 13.6. The number of nitrogens with zero attached hydrogens (tertiary/aromatic N) is 1. The number of hydrogen-bond donors (Lipinski definition) is 0. The molecule has 0 aliphatic rings. The molecule has 25 heavy (non-hydrogen) atoms. The molecule has 1 heterocycles. The zero-order valence-electron chi connectivity index (χ0n) is 13.9. The van der Waals surface area contributed by atoms with Crippen molar-refractivity contribution in [1.82, 2.24) is 4.98 Å². The molecule has 0 aliphatic heterocycles. The van der Waals surface area contributed by atoms with Crippen LogP contribution >= 0.6 is 0 Å². The van der Waals surface area contributed by atoms with Crippen LogP contribution in [0.15, 0.2) is 54.6 Å². The van der Waals surface area contributed by atoms with Gasteiger partial charge in [-0.3, -0.25) is 0 Å². The van der Waals surface area contributed by atoms with Crippen LogP contribution < -0.4 is 0 Å². The lowest BCUT2D eigenvalue weighted by atomic mass is 9.99. The van der Waals surface area contributed by atoms with Gasteiger partial charge in [0.1, 0.15) is 0 Å². The molecule has 0 saturated carbocycles. The normalized spacial score (nSPS) is 10.9. The first-order valence-corrected chi connectivity index (χ1v) is 8.25. The molecule has 0 atom stereocenters. The summed E-state index contributed by atoms with van der Waals surface area (Å²) in [6, 6.07) is 17.2. The summed E-state index contributed by atoms with van der Waals surface area (Å²) < 4.78 is 39.6. The van der Waals surface area contributed by atoms with Gasteiger partial charge < -0.3 is 0 Å². The average molecular weight is 341 g/mol. The van der Waals surface area contributed by atoms with E-state index in [1.54, 1.807) is 0 Å². The lowest BCUT2D eigenvalue weighted by Gasteiger charge is -2.07. The molecule has 0 unspecified atom stereocenters. The van der Waals surface area contributed by atoms with Crippen LogP contribution in [-0.4, -0.2) is 4.98 Å². The Morgan fingerprint density at radius 2 is 1.28 bits per heavy atom. The standard InChI is InChI=1S/C21H18F3N/c1-2-14-3-8-16(9-4-14)17-10-5-15(6-11-17)7-12-18-13-19(22)21(24)25-20(18)23/h3-6,8-11,13H,2,7,12H2,1H3. The molecule has 0 amide bonds. The van der Waals surface area contributed by atoms with Crippen molar-refractivity contribution in [3.8, 4) is 11.1 Å². The molecule has 0 aliphatic carbocycles. The second-order valence-corrected chi connectivity index (χ2v) is 5.96. The molecule has 0 radical (unpaired) electrons. The summed E-state index contributed by atoms with van der Waals surface area (Å²) in [5, 5.41) is 0. The van der Waals surface area contributed by atoms with Crippen molar-refractivity contribution in [3.05, 3.63) is 89.0 Å². The van der Waals surface area contributed by atoms with Gasteiger partial charge in [-0.1, -0.05) is 55.5 Å². The van der Waals surface area contributed by atoms with Crippen molar-refractivity contribution in [2.45, 2.75) is 26.2 Å². The topological polar surface area (TPSA) is 12.9 Å². The van der Waals surface area contributed by atoms with Crippen molar-refractivity contribution in [2.75, 3.05) is 0 Å². The maximum absolute atomic E-state index is 13.6. The fourth-order valence-corrected chi connectivity index (χ4v) is 2.73. The molecular formula is C21H18F3N. The Kier molecular flexibility index (Phi) is 5.17. The highest BCUT2D eigenvalue weighted by molar-refractivity contribution is 5.64. The van der Waals surface area contributed by atoms with Crippen molar-refractivity contribution < 1.29 is 13.2 Å². The molecule has 128 valence electrons. The molecule has 0 bridgehead atoms. The first kappa shape index (κ1) is 17.2. The second-order valence-electron chi connectivity index (χ2n) is 5.96. The minimum atomic E-state index is -1.40. The number of halogens is 3. The van der Waals surface area contributed by atoms with Crippen LogP contribution in [0.25, 0.3) is 11.1 Å². The van der Waals surface area contributed by atoms with Crippen LogP contribution in [0.4, 0.5) is 13.2 Å². The predicted octanol–water partition coefficient (Wildman–Crippen LogP) is 5.51. The number of rotatable bonds is 5. The Morgan fingerprint density at radius 1 is 0.720 bits per heavy atom. The Balaban J connectivity index is 1.69. The highest BCUT2D eigenvalue weighted by atomic mass is 19.2.